The SMILES string of the molecule is O=S(=O)(Nc1ccc(Cl)cc1F)c1cc2c(cc1Br)OCCO2. The average Bonchev–Trinajstić information content (AvgIpc) is 2.49. The zero-order valence-corrected chi connectivity index (χ0v) is 14.6. The van der Waals surface area contributed by atoms with Crippen LogP contribution in [0.2, 0.25) is 5.02 Å². The van der Waals surface area contributed by atoms with Crippen molar-refractivity contribution >= 4 is 43.2 Å². The fourth-order valence-electron chi connectivity index (χ4n) is 2.02. The molecule has 1 aliphatic rings. The van der Waals surface area contributed by atoms with Crippen LogP contribution < -0.4 is 14.2 Å². The lowest BCUT2D eigenvalue weighted by Gasteiger charge is -2.20. The van der Waals surface area contributed by atoms with Crippen molar-refractivity contribution in [2.45, 2.75) is 4.90 Å². The lowest BCUT2D eigenvalue weighted by Crippen LogP contribution is -2.18. The molecule has 122 valence electrons. The van der Waals surface area contributed by atoms with E-state index in [0.29, 0.717) is 24.7 Å². The van der Waals surface area contributed by atoms with Gasteiger partial charge in [0.05, 0.1) is 5.69 Å². The van der Waals surface area contributed by atoms with Crippen LogP contribution in [-0.4, -0.2) is 21.6 Å². The van der Waals surface area contributed by atoms with E-state index in [4.69, 9.17) is 21.1 Å². The highest BCUT2D eigenvalue weighted by atomic mass is 79.9. The summed E-state index contributed by atoms with van der Waals surface area (Å²) in [6.45, 7) is 0.715. The number of hydrogen-bond acceptors (Lipinski definition) is 4. The Morgan fingerprint density at radius 3 is 2.43 bits per heavy atom. The Balaban J connectivity index is 1.99. The first-order valence-electron chi connectivity index (χ1n) is 6.44. The largest absolute Gasteiger partial charge is 0.486 e. The Morgan fingerprint density at radius 2 is 1.78 bits per heavy atom. The van der Waals surface area contributed by atoms with Crippen LogP contribution in [0.15, 0.2) is 39.7 Å². The molecule has 0 aromatic heterocycles. The van der Waals surface area contributed by atoms with Crippen LogP contribution in [0.3, 0.4) is 0 Å². The maximum absolute atomic E-state index is 13.8. The summed E-state index contributed by atoms with van der Waals surface area (Å²) in [4.78, 5) is -0.0869. The zero-order valence-electron chi connectivity index (χ0n) is 11.5. The maximum atomic E-state index is 13.8. The summed E-state index contributed by atoms with van der Waals surface area (Å²) < 4.78 is 52.0. The van der Waals surface area contributed by atoms with E-state index in [-0.39, 0.29) is 20.1 Å². The molecule has 0 bridgehead atoms. The van der Waals surface area contributed by atoms with Crippen LogP contribution in [0, 0.1) is 5.82 Å². The van der Waals surface area contributed by atoms with Gasteiger partial charge in [-0.1, -0.05) is 11.6 Å². The monoisotopic (exact) mass is 421 g/mol. The molecule has 23 heavy (non-hydrogen) atoms. The number of sulfonamides is 1. The molecule has 1 heterocycles. The molecular formula is C14H10BrClFNO4S. The van der Waals surface area contributed by atoms with Crippen molar-refractivity contribution in [3.8, 4) is 11.5 Å². The van der Waals surface area contributed by atoms with Crippen LogP contribution in [0.1, 0.15) is 0 Å². The summed E-state index contributed by atoms with van der Waals surface area (Å²) >= 11 is 8.84. The predicted molar refractivity (Wildman–Crippen MR) is 87.4 cm³/mol. The second kappa shape index (κ2) is 6.18. The smallest absolute Gasteiger partial charge is 0.263 e. The first-order valence-corrected chi connectivity index (χ1v) is 9.09. The van der Waals surface area contributed by atoms with Crippen molar-refractivity contribution in [2.24, 2.45) is 0 Å². The highest BCUT2D eigenvalue weighted by molar-refractivity contribution is 9.10. The molecule has 0 radical (unpaired) electrons. The summed E-state index contributed by atoms with van der Waals surface area (Å²) in [6, 6.07) is 6.50. The molecule has 3 rings (SSSR count). The number of fused-ring (bicyclic) bond motifs is 1. The lowest BCUT2D eigenvalue weighted by molar-refractivity contribution is 0.171. The highest BCUT2D eigenvalue weighted by Gasteiger charge is 2.24. The van der Waals surface area contributed by atoms with Crippen molar-refractivity contribution in [1.82, 2.24) is 0 Å². The van der Waals surface area contributed by atoms with Gasteiger partial charge in [0, 0.05) is 15.6 Å². The summed E-state index contributed by atoms with van der Waals surface area (Å²) in [5.74, 6) is -0.00843. The zero-order chi connectivity index (χ0) is 16.6. The molecule has 2 aromatic carbocycles. The third-order valence-corrected chi connectivity index (χ3v) is 5.62. The van der Waals surface area contributed by atoms with E-state index in [9.17, 15) is 12.8 Å². The number of nitrogens with one attached hydrogen (secondary N) is 1. The van der Waals surface area contributed by atoms with Crippen LogP contribution >= 0.6 is 27.5 Å². The summed E-state index contributed by atoms with van der Waals surface area (Å²) in [7, 11) is -4.03. The number of anilines is 1. The third kappa shape index (κ3) is 3.39. The second-order valence-corrected chi connectivity index (χ2v) is 7.60. The van der Waals surface area contributed by atoms with Gasteiger partial charge in [0.15, 0.2) is 11.5 Å². The van der Waals surface area contributed by atoms with Gasteiger partial charge < -0.3 is 9.47 Å². The minimum Gasteiger partial charge on any atom is -0.486 e. The fourth-order valence-corrected chi connectivity index (χ4v) is 4.29. The molecule has 2 aromatic rings. The average molecular weight is 423 g/mol. The normalized spacial score (nSPS) is 13.7. The lowest BCUT2D eigenvalue weighted by atomic mass is 10.3. The topological polar surface area (TPSA) is 64.6 Å². The van der Waals surface area contributed by atoms with Crippen molar-refractivity contribution in [2.75, 3.05) is 17.9 Å². The van der Waals surface area contributed by atoms with Crippen LogP contribution in [0.25, 0.3) is 0 Å². The van der Waals surface area contributed by atoms with Gasteiger partial charge in [0.2, 0.25) is 0 Å². The van der Waals surface area contributed by atoms with Crippen molar-refractivity contribution in [1.29, 1.82) is 0 Å². The Morgan fingerprint density at radius 1 is 1.13 bits per heavy atom. The van der Waals surface area contributed by atoms with Gasteiger partial charge >= 0.3 is 0 Å². The summed E-state index contributed by atoms with van der Waals surface area (Å²) in [5, 5.41) is 0.172. The molecule has 0 fully saturated rings. The van der Waals surface area contributed by atoms with Gasteiger partial charge in [-0.3, -0.25) is 4.72 Å². The van der Waals surface area contributed by atoms with Gasteiger partial charge in [0.1, 0.15) is 23.9 Å². The Labute approximate surface area is 145 Å². The first kappa shape index (κ1) is 16.4. The van der Waals surface area contributed by atoms with Gasteiger partial charge in [-0.15, -0.1) is 0 Å². The molecule has 1 aliphatic heterocycles. The molecule has 0 spiro atoms. The molecule has 0 saturated carbocycles. The van der Waals surface area contributed by atoms with E-state index in [1.54, 1.807) is 0 Å². The Hall–Kier alpha value is -1.51. The standard InChI is InChI=1S/C14H10BrClFNO4S/c15-9-6-12-13(22-4-3-21-12)7-14(9)23(19,20)18-11-2-1-8(16)5-10(11)17/h1-2,5-7,18H,3-4H2. The Bertz CT molecular complexity index is 875. The molecule has 0 unspecified atom stereocenters. The molecule has 0 aliphatic carbocycles. The minimum atomic E-state index is -4.03. The molecular weight excluding hydrogens is 413 g/mol. The Kier molecular flexibility index (Phi) is 4.39. The summed E-state index contributed by atoms with van der Waals surface area (Å²) in [6.07, 6.45) is 0. The molecule has 0 atom stereocenters. The van der Waals surface area contributed by atoms with E-state index in [1.165, 1.54) is 24.3 Å². The van der Waals surface area contributed by atoms with Gasteiger partial charge in [-0.25, -0.2) is 12.8 Å². The van der Waals surface area contributed by atoms with E-state index in [0.717, 1.165) is 6.07 Å². The third-order valence-electron chi connectivity index (χ3n) is 3.06. The molecule has 0 amide bonds. The number of rotatable bonds is 3. The number of benzene rings is 2. The molecule has 5 nitrogen and oxygen atoms in total. The fraction of sp³-hybridized carbons (Fsp3) is 0.143. The van der Waals surface area contributed by atoms with Crippen LogP contribution in [-0.2, 0) is 10.0 Å². The van der Waals surface area contributed by atoms with Gasteiger partial charge in [-0.2, -0.15) is 0 Å². The molecule has 1 N–H and O–H groups in total. The second-order valence-electron chi connectivity index (χ2n) is 4.66. The maximum Gasteiger partial charge on any atom is 0.263 e. The van der Waals surface area contributed by atoms with Crippen LogP contribution in [0.4, 0.5) is 10.1 Å². The van der Waals surface area contributed by atoms with E-state index < -0.39 is 15.8 Å². The van der Waals surface area contributed by atoms with Gasteiger partial charge in [0.25, 0.3) is 10.0 Å². The van der Waals surface area contributed by atoms with Gasteiger partial charge in [-0.05, 0) is 40.2 Å². The number of hydrogen-bond donors (Lipinski definition) is 1. The van der Waals surface area contributed by atoms with E-state index in [2.05, 4.69) is 20.7 Å². The number of ether oxygens (including phenoxy) is 2. The first-order chi connectivity index (χ1) is 10.9. The minimum absolute atomic E-state index is 0.0869. The van der Waals surface area contributed by atoms with Crippen molar-refractivity contribution in [3.63, 3.8) is 0 Å². The highest BCUT2D eigenvalue weighted by Crippen LogP contribution is 2.38. The van der Waals surface area contributed by atoms with E-state index in [1.807, 2.05) is 0 Å². The quantitative estimate of drug-likeness (QED) is 0.817. The van der Waals surface area contributed by atoms with Crippen molar-refractivity contribution < 1.29 is 22.3 Å². The summed E-state index contributed by atoms with van der Waals surface area (Å²) in [5.41, 5.74) is -0.198. The predicted octanol–water partition coefficient (Wildman–Crippen LogP) is 3.81. The molecule has 9 heteroatoms. The molecule has 0 saturated heterocycles. The van der Waals surface area contributed by atoms with E-state index >= 15 is 0 Å². The van der Waals surface area contributed by atoms with Crippen LogP contribution in [0.5, 0.6) is 11.5 Å². The van der Waals surface area contributed by atoms with Crippen molar-refractivity contribution in [3.05, 3.63) is 45.6 Å². The number of halogens is 3.